The summed E-state index contributed by atoms with van der Waals surface area (Å²) in [6.45, 7) is 4.73. The van der Waals surface area contributed by atoms with Crippen LogP contribution < -0.4 is 0 Å². The molecule has 3 nitrogen and oxygen atoms in total. The van der Waals surface area contributed by atoms with Crippen molar-refractivity contribution in [1.29, 1.82) is 0 Å². The van der Waals surface area contributed by atoms with E-state index < -0.39 is 5.97 Å². The fourth-order valence-electron chi connectivity index (χ4n) is 3.05. The molecule has 0 fully saturated rings. The van der Waals surface area contributed by atoms with Gasteiger partial charge in [-0.05, 0) is 24.7 Å². The highest BCUT2D eigenvalue weighted by molar-refractivity contribution is 5.66. The summed E-state index contributed by atoms with van der Waals surface area (Å²) in [6.07, 6.45) is 17.6. The lowest BCUT2D eigenvalue weighted by atomic mass is 9.82. The Bertz CT molecular complexity index is 274. The molecule has 0 radical (unpaired) electrons. The summed E-state index contributed by atoms with van der Waals surface area (Å²) in [4.78, 5) is 10.6. The van der Waals surface area contributed by atoms with E-state index in [4.69, 9.17) is 10.2 Å². The second-order valence-corrected chi connectivity index (χ2v) is 7.77. The highest BCUT2D eigenvalue weighted by Crippen LogP contribution is 2.29. The van der Waals surface area contributed by atoms with Gasteiger partial charge in [0.2, 0.25) is 0 Å². The van der Waals surface area contributed by atoms with Crippen LogP contribution in [-0.2, 0) is 4.79 Å². The first-order valence-electron chi connectivity index (χ1n) is 9.80. The monoisotopic (exact) mass is 328 g/mol. The highest BCUT2D eigenvalue weighted by Gasteiger charge is 2.18. The van der Waals surface area contributed by atoms with Gasteiger partial charge in [0.1, 0.15) is 0 Å². The third kappa shape index (κ3) is 17.6. The molecule has 0 heterocycles. The second-order valence-electron chi connectivity index (χ2n) is 7.77. The Kier molecular flexibility index (Phi) is 14.6. The van der Waals surface area contributed by atoms with Gasteiger partial charge in [0.05, 0.1) is 0 Å². The normalized spacial score (nSPS) is 11.8. The summed E-state index contributed by atoms with van der Waals surface area (Å²) in [7, 11) is 0. The molecule has 0 rings (SSSR count). The van der Waals surface area contributed by atoms with Crippen LogP contribution in [0.1, 0.15) is 110 Å². The molecule has 0 saturated heterocycles. The van der Waals surface area contributed by atoms with Gasteiger partial charge in [-0.2, -0.15) is 0 Å². The molecule has 0 aromatic rings. The van der Waals surface area contributed by atoms with E-state index in [0.717, 1.165) is 19.3 Å². The molecule has 0 amide bonds. The minimum atomic E-state index is -0.675. The molecule has 0 aromatic carbocycles. The predicted molar refractivity (Wildman–Crippen MR) is 97.8 cm³/mol. The Morgan fingerprint density at radius 1 is 0.696 bits per heavy atom. The van der Waals surface area contributed by atoms with Crippen molar-refractivity contribution in [3.63, 3.8) is 0 Å². The number of aliphatic carboxylic acids is 1. The lowest BCUT2D eigenvalue weighted by Gasteiger charge is -2.23. The number of hydrogen-bond donors (Lipinski definition) is 2. The number of carbonyl (C=O) groups is 1. The minimum absolute atomic E-state index is 0.175. The van der Waals surface area contributed by atoms with Crippen LogP contribution in [0.25, 0.3) is 0 Å². The zero-order valence-electron chi connectivity index (χ0n) is 15.6. The number of aliphatic hydroxyl groups excluding tert-OH is 1. The van der Waals surface area contributed by atoms with Crippen molar-refractivity contribution in [1.82, 2.24) is 0 Å². The zero-order valence-corrected chi connectivity index (χ0v) is 15.6. The van der Waals surface area contributed by atoms with Gasteiger partial charge in [0.15, 0.2) is 0 Å². The molecule has 138 valence electrons. The van der Waals surface area contributed by atoms with Crippen LogP contribution in [0.15, 0.2) is 0 Å². The molecular formula is C20H40O3. The van der Waals surface area contributed by atoms with Crippen molar-refractivity contribution in [2.75, 3.05) is 6.61 Å². The average Bonchev–Trinajstić information content (AvgIpc) is 2.50. The third-order valence-electron chi connectivity index (χ3n) is 4.78. The first kappa shape index (κ1) is 22.4. The molecule has 0 aliphatic rings. The van der Waals surface area contributed by atoms with Crippen molar-refractivity contribution < 1.29 is 15.0 Å². The Balaban J connectivity index is 3.25. The molecule has 2 N–H and O–H groups in total. The number of carboxylic acid groups (broad SMARTS) is 1. The van der Waals surface area contributed by atoms with Gasteiger partial charge in [-0.3, -0.25) is 4.79 Å². The molecule has 0 bridgehead atoms. The number of unbranched alkanes of at least 4 members (excludes halogenated alkanes) is 11. The predicted octanol–water partition coefficient (Wildman–Crippen LogP) is 5.94. The minimum Gasteiger partial charge on any atom is -0.481 e. The fourth-order valence-corrected chi connectivity index (χ4v) is 3.05. The van der Waals surface area contributed by atoms with E-state index in [1.54, 1.807) is 0 Å². The maximum atomic E-state index is 10.6. The Hall–Kier alpha value is -0.570. The molecular weight excluding hydrogens is 288 g/mol. The van der Waals surface area contributed by atoms with Crippen molar-refractivity contribution in [2.24, 2.45) is 5.41 Å². The van der Waals surface area contributed by atoms with Crippen LogP contribution in [0, 0.1) is 5.41 Å². The Labute approximate surface area is 143 Å². The standard InChI is InChI=1S/C20H40O3/c1-20(2,17-15-19(22)23)16-13-11-9-7-5-3-4-6-8-10-12-14-18-21/h21H,3-18H2,1-2H3,(H,22,23). The molecule has 0 aliphatic heterocycles. The van der Waals surface area contributed by atoms with E-state index in [2.05, 4.69) is 13.8 Å². The lowest BCUT2D eigenvalue weighted by Crippen LogP contribution is -2.13. The van der Waals surface area contributed by atoms with Crippen LogP contribution in [0.2, 0.25) is 0 Å². The summed E-state index contributed by atoms with van der Waals surface area (Å²) in [5.41, 5.74) is 0.175. The third-order valence-corrected chi connectivity index (χ3v) is 4.78. The van der Waals surface area contributed by atoms with E-state index >= 15 is 0 Å². The lowest BCUT2D eigenvalue weighted by molar-refractivity contribution is -0.137. The van der Waals surface area contributed by atoms with Crippen LogP contribution >= 0.6 is 0 Å². The van der Waals surface area contributed by atoms with E-state index in [9.17, 15) is 4.79 Å². The van der Waals surface area contributed by atoms with Gasteiger partial charge in [0, 0.05) is 13.0 Å². The van der Waals surface area contributed by atoms with Crippen LogP contribution in [-0.4, -0.2) is 22.8 Å². The van der Waals surface area contributed by atoms with Gasteiger partial charge in [0.25, 0.3) is 0 Å². The molecule has 23 heavy (non-hydrogen) atoms. The van der Waals surface area contributed by atoms with E-state index in [0.29, 0.717) is 13.0 Å². The fraction of sp³-hybridized carbons (Fsp3) is 0.950. The van der Waals surface area contributed by atoms with Crippen LogP contribution in [0.4, 0.5) is 0 Å². The van der Waals surface area contributed by atoms with Crippen molar-refractivity contribution in [3.05, 3.63) is 0 Å². The summed E-state index contributed by atoms with van der Waals surface area (Å²) in [5, 5.41) is 17.4. The number of rotatable bonds is 17. The Morgan fingerprint density at radius 2 is 1.09 bits per heavy atom. The number of hydrogen-bond acceptors (Lipinski definition) is 2. The topological polar surface area (TPSA) is 57.5 Å². The number of carboxylic acids is 1. The summed E-state index contributed by atoms with van der Waals surface area (Å²) >= 11 is 0. The first-order valence-corrected chi connectivity index (χ1v) is 9.80. The molecule has 0 unspecified atom stereocenters. The highest BCUT2D eigenvalue weighted by atomic mass is 16.4. The van der Waals surface area contributed by atoms with E-state index in [1.807, 2.05) is 0 Å². The summed E-state index contributed by atoms with van der Waals surface area (Å²) < 4.78 is 0. The van der Waals surface area contributed by atoms with Crippen molar-refractivity contribution >= 4 is 5.97 Å². The summed E-state index contributed by atoms with van der Waals surface area (Å²) in [5.74, 6) is -0.675. The van der Waals surface area contributed by atoms with Crippen molar-refractivity contribution in [3.8, 4) is 0 Å². The average molecular weight is 329 g/mol. The largest absolute Gasteiger partial charge is 0.481 e. The van der Waals surface area contributed by atoms with Gasteiger partial charge >= 0.3 is 5.97 Å². The smallest absolute Gasteiger partial charge is 0.303 e. The molecule has 0 atom stereocenters. The molecule has 0 spiro atoms. The van der Waals surface area contributed by atoms with Gasteiger partial charge in [-0.25, -0.2) is 0 Å². The van der Waals surface area contributed by atoms with E-state index in [-0.39, 0.29) is 5.41 Å². The van der Waals surface area contributed by atoms with Gasteiger partial charge in [-0.1, -0.05) is 84.5 Å². The maximum Gasteiger partial charge on any atom is 0.303 e. The Morgan fingerprint density at radius 3 is 1.48 bits per heavy atom. The maximum absolute atomic E-state index is 10.6. The molecule has 3 heteroatoms. The van der Waals surface area contributed by atoms with E-state index in [1.165, 1.54) is 70.6 Å². The SMILES string of the molecule is CC(C)(CCCCCCCCCCCCCCO)CCC(=O)O. The zero-order chi connectivity index (χ0) is 17.4. The first-order chi connectivity index (χ1) is 11.0. The summed E-state index contributed by atoms with van der Waals surface area (Å²) in [6, 6.07) is 0. The number of aliphatic hydroxyl groups is 1. The van der Waals surface area contributed by atoms with Crippen LogP contribution in [0.5, 0.6) is 0 Å². The van der Waals surface area contributed by atoms with Gasteiger partial charge in [-0.15, -0.1) is 0 Å². The van der Waals surface area contributed by atoms with Crippen LogP contribution in [0.3, 0.4) is 0 Å². The molecule has 0 aliphatic carbocycles. The second kappa shape index (κ2) is 15.0. The molecule has 0 aromatic heterocycles. The molecule has 0 saturated carbocycles. The van der Waals surface area contributed by atoms with Gasteiger partial charge < -0.3 is 10.2 Å². The quantitative estimate of drug-likeness (QED) is 0.325. The van der Waals surface area contributed by atoms with Crippen molar-refractivity contribution in [2.45, 2.75) is 110 Å².